The molecule has 4 heterocycles. The van der Waals surface area contributed by atoms with Gasteiger partial charge in [0.2, 0.25) is 0 Å². The summed E-state index contributed by atoms with van der Waals surface area (Å²) >= 11 is 0. The maximum atomic E-state index is 4.54. The molecule has 0 radical (unpaired) electrons. The third kappa shape index (κ3) is 1.82. The lowest BCUT2D eigenvalue weighted by molar-refractivity contribution is 0.494. The quantitative estimate of drug-likeness (QED) is 0.696. The van der Waals surface area contributed by atoms with Crippen LogP contribution in [0.3, 0.4) is 0 Å². The minimum Gasteiger partial charge on any atom is -0.353 e. The van der Waals surface area contributed by atoms with Crippen molar-refractivity contribution in [1.29, 1.82) is 0 Å². The molecule has 7 nitrogen and oxygen atoms in total. The number of hydrogen-bond acceptors (Lipinski definition) is 5. The number of hydrogen-bond donors (Lipinski definition) is 0. The molecule has 3 aromatic rings. The van der Waals surface area contributed by atoms with Crippen molar-refractivity contribution in [3.8, 4) is 0 Å². The lowest BCUT2D eigenvalue weighted by atomic mass is 10.3. The second-order valence-corrected chi connectivity index (χ2v) is 5.21. The Bertz CT molecular complexity index is 744. The molecule has 1 saturated heterocycles. The molecular weight excluding hydrogens is 254 g/mol. The van der Waals surface area contributed by atoms with Crippen LogP contribution in [0.15, 0.2) is 30.9 Å². The van der Waals surface area contributed by atoms with E-state index in [0.29, 0.717) is 6.04 Å². The summed E-state index contributed by atoms with van der Waals surface area (Å²) < 4.78 is 3.77. The van der Waals surface area contributed by atoms with E-state index >= 15 is 0 Å². The van der Waals surface area contributed by atoms with E-state index in [1.54, 1.807) is 10.8 Å². The largest absolute Gasteiger partial charge is 0.353 e. The number of aromatic nitrogens is 6. The highest BCUT2D eigenvalue weighted by molar-refractivity contribution is 5.45. The molecule has 1 aliphatic heterocycles. The Balaban J connectivity index is 1.58. The summed E-state index contributed by atoms with van der Waals surface area (Å²) in [5.74, 6) is 0.962. The summed E-state index contributed by atoms with van der Waals surface area (Å²) in [6, 6.07) is 4.36. The molecule has 0 amide bonds. The smallest absolute Gasteiger partial charge is 0.177 e. The average molecular weight is 269 g/mol. The number of aryl methyl sites for hydroxylation is 1. The Hall–Kier alpha value is -2.44. The van der Waals surface area contributed by atoms with Crippen LogP contribution in [0.1, 0.15) is 18.0 Å². The fraction of sp³-hybridized carbons (Fsp3) is 0.385. The minimum absolute atomic E-state index is 0.419. The van der Waals surface area contributed by atoms with Crippen LogP contribution in [-0.2, 0) is 0 Å². The average Bonchev–Trinajstić information content (AvgIpc) is 3.17. The summed E-state index contributed by atoms with van der Waals surface area (Å²) in [7, 11) is 0. The van der Waals surface area contributed by atoms with E-state index < -0.39 is 0 Å². The molecule has 4 rings (SSSR count). The summed E-state index contributed by atoms with van der Waals surface area (Å²) in [6.07, 6.45) is 6.72. The first-order valence-corrected chi connectivity index (χ1v) is 6.72. The fourth-order valence-corrected chi connectivity index (χ4v) is 2.69. The summed E-state index contributed by atoms with van der Waals surface area (Å²) in [5, 5.41) is 16.8. The second kappa shape index (κ2) is 4.29. The van der Waals surface area contributed by atoms with Crippen molar-refractivity contribution in [2.75, 3.05) is 18.0 Å². The highest BCUT2D eigenvalue weighted by Gasteiger charge is 2.25. The van der Waals surface area contributed by atoms with Gasteiger partial charge in [-0.15, -0.1) is 15.3 Å². The Kier molecular flexibility index (Phi) is 2.45. The monoisotopic (exact) mass is 269 g/mol. The normalized spacial score (nSPS) is 19.1. The Labute approximate surface area is 115 Å². The maximum absolute atomic E-state index is 4.54. The van der Waals surface area contributed by atoms with Crippen molar-refractivity contribution >= 4 is 11.5 Å². The molecule has 1 atom stereocenters. The molecule has 1 aliphatic rings. The first kappa shape index (κ1) is 11.4. The zero-order chi connectivity index (χ0) is 13.5. The van der Waals surface area contributed by atoms with E-state index in [1.165, 1.54) is 5.56 Å². The number of nitrogens with zero attached hydrogens (tertiary/aromatic N) is 7. The number of rotatable bonds is 2. The van der Waals surface area contributed by atoms with Gasteiger partial charge in [-0.1, -0.05) is 0 Å². The molecule has 1 fully saturated rings. The van der Waals surface area contributed by atoms with E-state index in [0.717, 1.165) is 31.0 Å². The van der Waals surface area contributed by atoms with Crippen LogP contribution >= 0.6 is 0 Å². The first-order chi connectivity index (χ1) is 9.79. The van der Waals surface area contributed by atoms with E-state index in [-0.39, 0.29) is 0 Å². The van der Waals surface area contributed by atoms with Gasteiger partial charge in [-0.2, -0.15) is 9.61 Å². The SMILES string of the molecule is Cc1cnn(C2CCN(c3ccc4nncn4n3)C2)c1. The molecular formula is C13H15N7. The molecule has 0 spiro atoms. The van der Waals surface area contributed by atoms with Gasteiger partial charge in [-0.3, -0.25) is 4.68 Å². The molecule has 102 valence electrons. The van der Waals surface area contributed by atoms with Gasteiger partial charge in [-0.05, 0) is 31.0 Å². The third-order valence-electron chi connectivity index (χ3n) is 3.74. The lowest BCUT2D eigenvalue weighted by Gasteiger charge is -2.17. The van der Waals surface area contributed by atoms with Gasteiger partial charge in [0, 0.05) is 19.3 Å². The molecule has 0 N–H and O–H groups in total. The predicted octanol–water partition coefficient (Wildman–Crippen LogP) is 1.08. The van der Waals surface area contributed by atoms with Crippen molar-refractivity contribution in [3.63, 3.8) is 0 Å². The highest BCUT2D eigenvalue weighted by atomic mass is 15.4. The van der Waals surface area contributed by atoms with Crippen LogP contribution in [0.5, 0.6) is 0 Å². The second-order valence-electron chi connectivity index (χ2n) is 5.21. The number of fused-ring (bicyclic) bond motifs is 1. The first-order valence-electron chi connectivity index (χ1n) is 6.72. The van der Waals surface area contributed by atoms with Crippen LogP contribution in [-0.4, -0.2) is 42.7 Å². The Morgan fingerprint density at radius 2 is 2.25 bits per heavy atom. The zero-order valence-corrected chi connectivity index (χ0v) is 11.2. The van der Waals surface area contributed by atoms with Crippen molar-refractivity contribution in [2.24, 2.45) is 0 Å². The molecule has 0 saturated carbocycles. The molecule has 1 unspecified atom stereocenters. The molecule has 20 heavy (non-hydrogen) atoms. The fourth-order valence-electron chi connectivity index (χ4n) is 2.69. The van der Waals surface area contributed by atoms with Crippen molar-refractivity contribution < 1.29 is 0 Å². The van der Waals surface area contributed by atoms with Crippen LogP contribution in [0.25, 0.3) is 5.65 Å². The molecule has 0 aliphatic carbocycles. The summed E-state index contributed by atoms with van der Waals surface area (Å²) in [4.78, 5) is 2.28. The standard InChI is InChI=1S/C13H15N7/c1-10-6-15-19(7-10)11-4-5-18(8-11)13-3-2-12-16-14-9-20(12)17-13/h2-3,6-7,9,11H,4-5,8H2,1H3. The predicted molar refractivity (Wildman–Crippen MR) is 73.6 cm³/mol. The van der Waals surface area contributed by atoms with Crippen LogP contribution < -0.4 is 4.90 Å². The molecule has 0 aromatic carbocycles. The minimum atomic E-state index is 0.419. The van der Waals surface area contributed by atoms with Gasteiger partial charge in [0.15, 0.2) is 5.65 Å². The van der Waals surface area contributed by atoms with Crippen molar-refractivity contribution in [2.45, 2.75) is 19.4 Å². The van der Waals surface area contributed by atoms with Gasteiger partial charge in [0.05, 0.1) is 12.2 Å². The third-order valence-corrected chi connectivity index (χ3v) is 3.74. The lowest BCUT2D eigenvalue weighted by Crippen LogP contribution is -2.22. The van der Waals surface area contributed by atoms with Crippen LogP contribution in [0.2, 0.25) is 0 Å². The van der Waals surface area contributed by atoms with Gasteiger partial charge in [0.1, 0.15) is 12.1 Å². The molecule has 3 aromatic heterocycles. The number of anilines is 1. The van der Waals surface area contributed by atoms with Gasteiger partial charge < -0.3 is 4.90 Å². The van der Waals surface area contributed by atoms with Crippen molar-refractivity contribution in [1.82, 2.24) is 29.6 Å². The Morgan fingerprint density at radius 3 is 3.10 bits per heavy atom. The van der Waals surface area contributed by atoms with Crippen molar-refractivity contribution in [3.05, 3.63) is 36.4 Å². The highest BCUT2D eigenvalue weighted by Crippen LogP contribution is 2.25. The van der Waals surface area contributed by atoms with E-state index in [4.69, 9.17) is 0 Å². The van der Waals surface area contributed by atoms with Gasteiger partial charge >= 0.3 is 0 Å². The summed E-state index contributed by atoms with van der Waals surface area (Å²) in [5.41, 5.74) is 1.97. The Morgan fingerprint density at radius 1 is 1.30 bits per heavy atom. The van der Waals surface area contributed by atoms with E-state index in [1.807, 2.05) is 18.3 Å². The van der Waals surface area contributed by atoms with E-state index in [9.17, 15) is 0 Å². The van der Waals surface area contributed by atoms with E-state index in [2.05, 4.69) is 43.1 Å². The van der Waals surface area contributed by atoms with Crippen LogP contribution in [0, 0.1) is 6.92 Å². The van der Waals surface area contributed by atoms with Crippen LogP contribution in [0.4, 0.5) is 5.82 Å². The molecule has 0 bridgehead atoms. The topological polar surface area (TPSA) is 64.1 Å². The molecule has 7 heteroatoms. The van der Waals surface area contributed by atoms with Gasteiger partial charge in [0.25, 0.3) is 0 Å². The maximum Gasteiger partial charge on any atom is 0.177 e. The zero-order valence-electron chi connectivity index (χ0n) is 11.2. The summed E-state index contributed by atoms with van der Waals surface area (Å²) in [6.45, 7) is 3.99. The van der Waals surface area contributed by atoms with Gasteiger partial charge in [-0.25, -0.2) is 0 Å².